The number of piperazine rings is 1. The van der Waals surface area contributed by atoms with E-state index in [2.05, 4.69) is 9.97 Å². The number of carbonyl (C=O) groups excluding carboxylic acids is 1. The Labute approximate surface area is 150 Å². The van der Waals surface area contributed by atoms with Crippen molar-refractivity contribution in [1.82, 2.24) is 14.9 Å². The summed E-state index contributed by atoms with van der Waals surface area (Å²) >= 11 is 0. The molecule has 4 rings (SSSR count). The first-order valence-corrected chi connectivity index (χ1v) is 8.67. The molecule has 1 amide bonds. The van der Waals surface area contributed by atoms with Gasteiger partial charge in [0.05, 0.1) is 5.52 Å². The van der Waals surface area contributed by atoms with Gasteiger partial charge in [-0.05, 0) is 18.9 Å². The van der Waals surface area contributed by atoms with Gasteiger partial charge in [-0.15, -0.1) is 0 Å². The number of benzene rings is 1. The van der Waals surface area contributed by atoms with E-state index in [-0.39, 0.29) is 29.3 Å². The summed E-state index contributed by atoms with van der Waals surface area (Å²) in [7, 11) is 0. The molecule has 0 spiro atoms. The van der Waals surface area contributed by atoms with Crippen molar-refractivity contribution in [1.29, 1.82) is 0 Å². The zero-order valence-corrected chi connectivity index (χ0v) is 14.3. The maximum atomic E-state index is 12.4. The molecule has 2 aliphatic heterocycles. The second kappa shape index (κ2) is 6.49. The van der Waals surface area contributed by atoms with Gasteiger partial charge in [0.2, 0.25) is 5.95 Å². The van der Waals surface area contributed by atoms with Gasteiger partial charge < -0.3 is 30.5 Å². The molecule has 1 atom stereocenters. The number of phenolic OH excluding ortho intramolecular Hbond substituents is 2. The van der Waals surface area contributed by atoms with Gasteiger partial charge in [0.1, 0.15) is 11.9 Å². The van der Waals surface area contributed by atoms with Crippen LogP contribution in [0, 0.1) is 0 Å². The SMILES string of the molecule is Nc1nc(N2CCN(C(=O)C3CCCO3)CC2)nc2cc(O)c(O)cc12. The molecule has 1 aromatic heterocycles. The van der Waals surface area contributed by atoms with E-state index in [0.29, 0.717) is 49.6 Å². The maximum absolute atomic E-state index is 12.4. The molecule has 0 saturated carbocycles. The summed E-state index contributed by atoms with van der Waals surface area (Å²) in [6.45, 7) is 2.98. The van der Waals surface area contributed by atoms with Crippen LogP contribution in [-0.2, 0) is 9.53 Å². The molecule has 0 aliphatic carbocycles. The Morgan fingerprint density at radius 2 is 1.88 bits per heavy atom. The quantitative estimate of drug-likeness (QED) is 0.660. The van der Waals surface area contributed by atoms with E-state index < -0.39 is 0 Å². The van der Waals surface area contributed by atoms with Crippen molar-refractivity contribution in [3.8, 4) is 11.5 Å². The fraction of sp³-hybridized carbons (Fsp3) is 0.471. The van der Waals surface area contributed by atoms with E-state index in [4.69, 9.17) is 10.5 Å². The van der Waals surface area contributed by atoms with Crippen LogP contribution in [0.2, 0.25) is 0 Å². The summed E-state index contributed by atoms with van der Waals surface area (Å²) in [4.78, 5) is 25.0. The Morgan fingerprint density at radius 1 is 1.15 bits per heavy atom. The average molecular weight is 359 g/mol. The third kappa shape index (κ3) is 2.94. The third-order valence-corrected chi connectivity index (χ3v) is 4.89. The van der Waals surface area contributed by atoms with E-state index in [9.17, 15) is 15.0 Å². The third-order valence-electron chi connectivity index (χ3n) is 4.89. The molecule has 2 saturated heterocycles. The van der Waals surface area contributed by atoms with E-state index in [1.165, 1.54) is 12.1 Å². The van der Waals surface area contributed by atoms with Crippen molar-refractivity contribution in [3.05, 3.63) is 12.1 Å². The Bertz CT molecular complexity index is 845. The molecule has 2 aliphatic rings. The molecular weight excluding hydrogens is 338 g/mol. The number of nitrogens with zero attached hydrogens (tertiary/aromatic N) is 4. The number of carbonyl (C=O) groups is 1. The van der Waals surface area contributed by atoms with Gasteiger partial charge in [0.25, 0.3) is 5.91 Å². The van der Waals surface area contributed by atoms with Crippen molar-refractivity contribution in [2.45, 2.75) is 18.9 Å². The van der Waals surface area contributed by atoms with E-state index >= 15 is 0 Å². The number of ether oxygens (including phenoxy) is 1. The van der Waals surface area contributed by atoms with Gasteiger partial charge >= 0.3 is 0 Å². The largest absolute Gasteiger partial charge is 0.504 e. The number of aromatic nitrogens is 2. The van der Waals surface area contributed by atoms with Crippen molar-refractivity contribution in [3.63, 3.8) is 0 Å². The molecular formula is C17H21N5O4. The number of phenols is 2. The molecule has 138 valence electrons. The minimum Gasteiger partial charge on any atom is -0.504 e. The van der Waals surface area contributed by atoms with Crippen LogP contribution in [0.25, 0.3) is 10.9 Å². The number of anilines is 2. The van der Waals surface area contributed by atoms with Gasteiger partial charge in [-0.1, -0.05) is 0 Å². The van der Waals surface area contributed by atoms with Crippen molar-refractivity contribution in [2.75, 3.05) is 43.4 Å². The first-order chi connectivity index (χ1) is 12.5. The number of nitrogen functional groups attached to an aromatic ring is 1. The second-order valence-electron chi connectivity index (χ2n) is 6.58. The van der Waals surface area contributed by atoms with Crippen LogP contribution in [0.15, 0.2) is 12.1 Å². The molecule has 26 heavy (non-hydrogen) atoms. The summed E-state index contributed by atoms with van der Waals surface area (Å²) in [5.41, 5.74) is 6.45. The number of rotatable bonds is 2. The maximum Gasteiger partial charge on any atom is 0.251 e. The first-order valence-electron chi connectivity index (χ1n) is 8.67. The number of hydrogen-bond acceptors (Lipinski definition) is 8. The zero-order chi connectivity index (χ0) is 18.3. The molecule has 0 bridgehead atoms. The molecule has 2 aromatic rings. The highest BCUT2D eigenvalue weighted by Gasteiger charge is 2.31. The predicted molar refractivity (Wildman–Crippen MR) is 95.0 cm³/mol. The lowest BCUT2D eigenvalue weighted by molar-refractivity contribution is -0.141. The van der Waals surface area contributed by atoms with Gasteiger partial charge in [-0.25, -0.2) is 4.98 Å². The highest BCUT2D eigenvalue weighted by molar-refractivity contribution is 5.91. The topological polar surface area (TPSA) is 125 Å². The number of hydrogen-bond donors (Lipinski definition) is 3. The normalized spacial score (nSPS) is 20.7. The zero-order valence-electron chi connectivity index (χ0n) is 14.3. The van der Waals surface area contributed by atoms with Gasteiger partial charge in [0, 0.05) is 44.2 Å². The van der Waals surface area contributed by atoms with Crippen LogP contribution in [0.3, 0.4) is 0 Å². The lowest BCUT2D eigenvalue weighted by Crippen LogP contribution is -2.51. The molecule has 2 fully saturated rings. The Kier molecular flexibility index (Phi) is 4.15. The summed E-state index contributed by atoms with van der Waals surface area (Å²) in [5.74, 6) is 0.222. The first kappa shape index (κ1) is 16.6. The van der Waals surface area contributed by atoms with Crippen molar-refractivity contribution in [2.24, 2.45) is 0 Å². The highest BCUT2D eigenvalue weighted by Crippen LogP contribution is 2.32. The number of aromatic hydroxyl groups is 2. The number of nitrogens with two attached hydrogens (primary N) is 1. The average Bonchev–Trinajstić information content (AvgIpc) is 3.17. The fourth-order valence-electron chi connectivity index (χ4n) is 3.41. The van der Waals surface area contributed by atoms with Gasteiger partial charge in [-0.2, -0.15) is 4.98 Å². The predicted octanol–water partition coefficient (Wildman–Crippen LogP) is 0.451. The number of amides is 1. The molecule has 9 heteroatoms. The van der Waals surface area contributed by atoms with Crippen molar-refractivity contribution < 1.29 is 19.7 Å². The van der Waals surface area contributed by atoms with Crippen LogP contribution in [-0.4, -0.2) is 69.9 Å². The Balaban J connectivity index is 1.50. The van der Waals surface area contributed by atoms with Crippen LogP contribution in [0.5, 0.6) is 11.5 Å². The van der Waals surface area contributed by atoms with Gasteiger partial charge in [-0.3, -0.25) is 4.79 Å². The highest BCUT2D eigenvalue weighted by atomic mass is 16.5. The van der Waals surface area contributed by atoms with E-state index in [0.717, 1.165) is 12.8 Å². The van der Waals surface area contributed by atoms with Crippen molar-refractivity contribution >= 4 is 28.6 Å². The summed E-state index contributed by atoms with van der Waals surface area (Å²) < 4.78 is 5.47. The summed E-state index contributed by atoms with van der Waals surface area (Å²) in [5, 5.41) is 19.8. The fourth-order valence-corrected chi connectivity index (χ4v) is 3.41. The van der Waals surface area contributed by atoms with Crippen LogP contribution < -0.4 is 10.6 Å². The van der Waals surface area contributed by atoms with E-state index in [1.54, 1.807) is 0 Å². The minimum absolute atomic E-state index is 0.0569. The Morgan fingerprint density at radius 3 is 2.58 bits per heavy atom. The second-order valence-corrected chi connectivity index (χ2v) is 6.58. The van der Waals surface area contributed by atoms with E-state index in [1.807, 2.05) is 9.80 Å². The smallest absolute Gasteiger partial charge is 0.251 e. The van der Waals surface area contributed by atoms with Crippen LogP contribution >= 0.6 is 0 Å². The molecule has 0 radical (unpaired) electrons. The molecule has 9 nitrogen and oxygen atoms in total. The summed E-state index contributed by atoms with van der Waals surface area (Å²) in [6.07, 6.45) is 1.42. The van der Waals surface area contributed by atoms with Crippen LogP contribution in [0.4, 0.5) is 11.8 Å². The standard InChI is InChI=1S/C17H21N5O4/c18-15-10-8-12(23)13(24)9-11(10)19-17(20-15)22-5-3-21(4-6-22)16(25)14-2-1-7-26-14/h8-9,14,23-24H,1-7H2,(H2,18,19,20). The summed E-state index contributed by atoms with van der Waals surface area (Å²) in [6, 6.07) is 2.71. The lowest BCUT2D eigenvalue weighted by Gasteiger charge is -2.35. The monoisotopic (exact) mass is 359 g/mol. The molecule has 1 aromatic carbocycles. The van der Waals surface area contributed by atoms with Gasteiger partial charge in [0.15, 0.2) is 11.5 Å². The molecule has 3 heterocycles. The molecule has 1 unspecified atom stereocenters. The lowest BCUT2D eigenvalue weighted by atomic mass is 10.2. The van der Waals surface area contributed by atoms with Crippen LogP contribution in [0.1, 0.15) is 12.8 Å². The minimum atomic E-state index is -0.301. The Hall–Kier alpha value is -2.81. The molecule has 4 N–H and O–H groups in total. The number of fused-ring (bicyclic) bond motifs is 1.